The normalized spacial score (nSPS) is 16.0. The Morgan fingerprint density at radius 1 is 0.964 bits per heavy atom. The van der Waals surface area contributed by atoms with Crippen molar-refractivity contribution < 1.29 is 22.7 Å². The Hall–Kier alpha value is -2.47. The zero-order valence-electron chi connectivity index (χ0n) is 15.8. The number of aromatic nitrogens is 1. The molecule has 0 aliphatic rings. The molecule has 3 aromatic rings. The highest BCUT2D eigenvalue weighted by Crippen LogP contribution is 2.52. The molecule has 0 amide bonds. The van der Waals surface area contributed by atoms with E-state index in [9.17, 15) is 22.7 Å². The van der Waals surface area contributed by atoms with Crippen LogP contribution in [0.15, 0.2) is 60.8 Å². The Labute approximate surface area is 160 Å². The number of rotatable bonds is 4. The van der Waals surface area contributed by atoms with Crippen LogP contribution in [0.2, 0.25) is 0 Å². The number of nitrogens with zero attached hydrogens (tertiary/aromatic N) is 1. The quantitative estimate of drug-likeness (QED) is 0.576. The number of halogens is 4. The SMILES string of the molecule is CC(C(C)(C)c1cccc(F)c1)C(O)(c1ccnc2ccccc12)C(F)(F)F. The van der Waals surface area contributed by atoms with Gasteiger partial charge in [-0.2, -0.15) is 13.2 Å². The minimum Gasteiger partial charge on any atom is -0.376 e. The highest BCUT2D eigenvalue weighted by Gasteiger charge is 2.62. The van der Waals surface area contributed by atoms with Crippen LogP contribution in [0.5, 0.6) is 0 Å². The smallest absolute Gasteiger partial charge is 0.376 e. The first kappa shape index (κ1) is 20.3. The molecule has 2 unspecified atom stereocenters. The van der Waals surface area contributed by atoms with Crippen LogP contribution >= 0.6 is 0 Å². The monoisotopic (exact) mass is 391 g/mol. The summed E-state index contributed by atoms with van der Waals surface area (Å²) in [6, 6.07) is 13.0. The van der Waals surface area contributed by atoms with Crippen molar-refractivity contribution in [2.24, 2.45) is 5.92 Å². The number of pyridine rings is 1. The van der Waals surface area contributed by atoms with Crippen molar-refractivity contribution in [1.82, 2.24) is 4.98 Å². The summed E-state index contributed by atoms with van der Waals surface area (Å²) in [5, 5.41) is 11.4. The Morgan fingerprint density at radius 2 is 1.64 bits per heavy atom. The van der Waals surface area contributed by atoms with Gasteiger partial charge in [-0.05, 0) is 35.2 Å². The fourth-order valence-electron chi connectivity index (χ4n) is 3.72. The first-order valence-electron chi connectivity index (χ1n) is 8.89. The standard InChI is InChI=1S/C22H21F4NO/c1-14(20(2,3)15-7-6-8-16(23)13-15)21(28,22(24,25)26)18-11-12-27-19-10-5-4-9-17(18)19/h4-14,28H,1-3H3. The molecule has 2 nitrogen and oxygen atoms in total. The van der Waals surface area contributed by atoms with Gasteiger partial charge in [-0.15, -0.1) is 0 Å². The van der Waals surface area contributed by atoms with Gasteiger partial charge < -0.3 is 5.11 Å². The molecule has 0 bridgehead atoms. The second-order valence-electron chi connectivity index (χ2n) is 7.59. The van der Waals surface area contributed by atoms with Crippen LogP contribution in [-0.4, -0.2) is 16.3 Å². The van der Waals surface area contributed by atoms with Crippen molar-refractivity contribution in [3.8, 4) is 0 Å². The molecule has 0 aliphatic carbocycles. The van der Waals surface area contributed by atoms with Crippen LogP contribution in [0.4, 0.5) is 17.6 Å². The molecule has 28 heavy (non-hydrogen) atoms. The molecule has 2 aromatic carbocycles. The lowest BCUT2D eigenvalue weighted by Crippen LogP contribution is -2.53. The van der Waals surface area contributed by atoms with E-state index in [2.05, 4.69) is 4.98 Å². The zero-order chi connectivity index (χ0) is 20.7. The second-order valence-corrected chi connectivity index (χ2v) is 7.59. The lowest BCUT2D eigenvalue weighted by molar-refractivity contribution is -0.291. The summed E-state index contributed by atoms with van der Waals surface area (Å²) >= 11 is 0. The van der Waals surface area contributed by atoms with Crippen molar-refractivity contribution in [1.29, 1.82) is 0 Å². The minimum absolute atomic E-state index is 0.228. The lowest BCUT2D eigenvalue weighted by Gasteiger charge is -2.45. The fraction of sp³-hybridized carbons (Fsp3) is 0.318. The van der Waals surface area contributed by atoms with E-state index in [1.54, 1.807) is 38.1 Å². The molecule has 148 valence electrons. The number of benzene rings is 2. The summed E-state index contributed by atoms with van der Waals surface area (Å²) in [4.78, 5) is 4.10. The molecule has 0 saturated heterocycles. The molecule has 2 atom stereocenters. The third-order valence-corrected chi connectivity index (χ3v) is 5.77. The molecule has 0 aliphatic heterocycles. The molecular weight excluding hydrogens is 370 g/mol. The summed E-state index contributed by atoms with van der Waals surface area (Å²) in [6.45, 7) is 4.49. The third kappa shape index (κ3) is 3.15. The van der Waals surface area contributed by atoms with Gasteiger partial charge in [-0.25, -0.2) is 4.39 Å². The van der Waals surface area contributed by atoms with Crippen molar-refractivity contribution in [2.75, 3.05) is 0 Å². The number of aliphatic hydroxyl groups is 1. The van der Waals surface area contributed by atoms with Gasteiger partial charge in [-0.3, -0.25) is 4.98 Å². The molecule has 0 fully saturated rings. The first-order valence-corrected chi connectivity index (χ1v) is 8.89. The Kier molecular flexibility index (Phi) is 4.96. The van der Waals surface area contributed by atoms with Gasteiger partial charge >= 0.3 is 6.18 Å². The summed E-state index contributed by atoms with van der Waals surface area (Å²) in [7, 11) is 0. The average Bonchev–Trinajstić information content (AvgIpc) is 2.65. The number of fused-ring (bicyclic) bond motifs is 1. The van der Waals surface area contributed by atoms with Crippen molar-refractivity contribution in [2.45, 2.75) is 38.0 Å². The van der Waals surface area contributed by atoms with E-state index < -0.39 is 28.9 Å². The summed E-state index contributed by atoms with van der Waals surface area (Å²) < 4.78 is 56.8. The Morgan fingerprint density at radius 3 is 2.29 bits per heavy atom. The zero-order valence-corrected chi connectivity index (χ0v) is 15.8. The Balaban J connectivity index is 2.25. The number of hydrogen-bond donors (Lipinski definition) is 1. The Bertz CT molecular complexity index is 994. The van der Waals surface area contributed by atoms with E-state index in [0.717, 1.165) is 0 Å². The molecule has 3 rings (SSSR count). The molecule has 0 spiro atoms. The van der Waals surface area contributed by atoms with Gasteiger partial charge in [0.05, 0.1) is 5.52 Å². The van der Waals surface area contributed by atoms with Gasteiger partial charge in [0.1, 0.15) is 5.82 Å². The largest absolute Gasteiger partial charge is 0.421 e. The molecule has 0 saturated carbocycles. The minimum atomic E-state index is -4.96. The molecule has 1 heterocycles. The maximum absolute atomic E-state index is 14.3. The van der Waals surface area contributed by atoms with Crippen LogP contribution < -0.4 is 0 Å². The predicted octanol–water partition coefficient (Wildman–Crippen LogP) is 5.74. The van der Waals surface area contributed by atoms with Gasteiger partial charge in [0.25, 0.3) is 0 Å². The van der Waals surface area contributed by atoms with E-state index in [1.165, 1.54) is 43.5 Å². The molecule has 1 N–H and O–H groups in total. The van der Waals surface area contributed by atoms with E-state index in [1.807, 2.05) is 0 Å². The second kappa shape index (κ2) is 6.85. The predicted molar refractivity (Wildman–Crippen MR) is 100 cm³/mol. The summed E-state index contributed by atoms with van der Waals surface area (Å²) in [6.07, 6.45) is -3.70. The average molecular weight is 391 g/mol. The summed E-state index contributed by atoms with van der Waals surface area (Å²) in [5.41, 5.74) is -3.87. The number of para-hydroxylation sites is 1. The highest BCUT2D eigenvalue weighted by atomic mass is 19.4. The lowest BCUT2D eigenvalue weighted by atomic mass is 9.64. The highest BCUT2D eigenvalue weighted by molar-refractivity contribution is 5.83. The van der Waals surface area contributed by atoms with Crippen LogP contribution in [-0.2, 0) is 11.0 Å². The maximum atomic E-state index is 14.3. The van der Waals surface area contributed by atoms with Crippen LogP contribution in [0, 0.1) is 11.7 Å². The van der Waals surface area contributed by atoms with E-state index in [-0.39, 0.29) is 10.9 Å². The topological polar surface area (TPSA) is 33.1 Å². The number of alkyl halides is 3. The molecular formula is C22H21F4NO. The van der Waals surface area contributed by atoms with E-state index in [0.29, 0.717) is 11.1 Å². The summed E-state index contributed by atoms with van der Waals surface area (Å²) in [5.74, 6) is -1.87. The number of hydrogen-bond acceptors (Lipinski definition) is 2. The third-order valence-electron chi connectivity index (χ3n) is 5.77. The maximum Gasteiger partial charge on any atom is 0.421 e. The van der Waals surface area contributed by atoms with Crippen molar-refractivity contribution >= 4 is 10.9 Å². The van der Waals surface area contributed by atoms with E-state index >= 15 is 0 Å². The van der Waals surface area contributed by atoms with Crippen molar-refractivity contribution in [3.05, 3.63) is 77.7 Å². The van der Waals surface area contributed by atoms with Gasteiger partial charge in [-0.1, -0.05) is 51.1 Å². The van der Waals surface area contributed by atoms with Gasteiger partial charge in [0.2, 0.25) is 0 Å². The molecule has 0 radical (unpaired) electrons. The first-order chi connectivity index (χ1) is 13.0. The molecule has 1 aromatic heterocycles. The molecule has 6 heteroatoms. The van der Waals surface area contributed by atoms with Crippen LogP contribution in [0.3, 0.4) is 0 Å². The van der Waals surface area contributed by atoms with Gasteiger partial charge in [0, 0.05) is 23.1 Å². The fourth-order valence-corrected chi connectivity index (χ4v) is 3.72. The van der Waals surface area contributed by atoms with Gasteiger partial charge in [0.15, 0.2) is 5.60 Å². The van der Waals surface area contributed by atoms with E-state index in [4.69, 9.17) is 0 Å². The van der Waals surface area contributed by atoms with Crippen molar-refractivity contribution in [3.63, 3.8) is 0 Å². The van der Waals surface area contributed by atoms with Crippen LogP contribution in [0.25, 0.3) is 10.9 Å². The van der Waals surface area contributed by atoms with Crippen LogP contribution in [0.1, 0.15) is 31.9 Å².